The maximum Gasteiger partial charge on any atom is 0.331 e. The van der Waals surface area contributed by atoms with Gasteiger partial charge in [0.25, 0.3) is 0 Å². The Kier molecular flexibility index (Phi) is 4.90. The standard InChI is InChI=1S/C17H12ClNO3S/c18-13-6-3-12(4-7-13)5-8-17(20)21-11-14-10-15(22-19-14)16-2-1-9-23-16/h1-10H,11H2/b8-5+. The number of aromatic nitrogens is 1. The van der Waals surface area contributed by atoms with Crippen molar-refractivity contribution < 1.29 is 14.1 Å². The van der Waals surface area contributed by atoms with E-state index < -0.39 is 5.97 Å². The van der Waals surface area contributed by atoms with E-state index >= 15 is 0 Å². The van der Waals surface area contributed by atoms with Crippen LogP contribution in [0.2, 0.25) is 5.02 Å². The fourth-order valence-electron chi connectivity index (χ4n) is 1.85. The van der Waals surface area contributed by atoms with Crippen LogP contribution >= 0.6 is 22.9 Å². The minimum absolute atomic E-state index is 0.0681. The van der Waals surface area contributed by atoms with Gasteiger partial charge in [0.2, 0.25) is 0 Å². The van der Waals surface area contributed by atoms with E-state index in [1.54, 1.807) is 35.6 Å². The number of hydrogen-bond acceptors (Lipinski definition) is 5. The Balaban J connectivity index is 1.54. The number of halogens is 1. The normalized spacial score (nSPS) is 11.0. The summed E-state index contributed by atoms with van der Waals surface area (Å²) in [7, 11) is 0. The molecule has 0 bridgehead atoms. The summed E-state index contributed by atoms with van der Waals surface area (Å²) in [5.74, 6) is 0.225. The predicted octanol–water partition coefficient (Wildman–Crippen LogP) is 4.81. The van der Waals surface area contributed by atoms with Gasteiger partial charge in [-0.3, -0.25) is 0 Å². The number of thiophene rings is 1. The number of ether oxygens (including phenoxy) is 1. The Morgan fingerprint density at radius 3 is 2.87 bits per heavy atom. The van der Waals surface area contributed by atoms with E-state index in [0.717, 1.165) is 10.4 Å². The highest BCUT2D eigenvalue weighted by atomic mass is 35.5. The average Bonchev–Trinajstić information content (AvgIpc) is 3.23. The second kappa shape index (κ2) is 7.26. The first-order chi connectivity index (χ1) is 11.2. The number of nitrogens with zero attached hydrogens (tertiary/aromatic N) is 1. The van der Waals surface area contributed by atoms with Gasteiger partial charge in [-0.25, -0.2) is 4.79 Å². The van der Waals surface area contributed by atoms with Gasteiger partial charge in [-0.05, 0) is 35.2 Å². The number of carbonyl (C=O) groups is 1. The maximum atomic E-state index is 11.7. The highest BCUT2D eigenvalue weighted by molar-refractivity contribution is 7.13. The van der Waals surface area contributed by atoms with E-state index in [-0.39, 0.29) is 6.61 Å². The number of rotatable bonds is 5. The van der Waals surface area contributed by atoms with Crippen LogP contribution in [0.15, 0.2) is 58.4 Å². The molecule has 2 heterocycles. The van der Waals surface area contributed by atoms with Crippen molar-refractivity contribution in [3.63, 3.8) is 0 Å². The molecule has 0 aliphatic heterocycles. The van der Waals surface area contributed by atoms with E-state index in [1.165, 1.54) is 6.08 Å². The van der Waals surface area contributed by atoms with Gasteiger partial charge < -0.3 is 9.26 Å². The van der Waals surface area contributed by atoms with E-state index in [4.69, 9.17) is 20.9 Å². The van der Waals surface area contributed by atoms with Crippen molar-refractivity contribution >= 4 is 35.0 Å². The summed E-state index contributed by atoms with van der Waals surface area (Å²) < 4.78 is 10.4. The average molecular weight is 346 g/mol. The summed E-state index contributed by atoms with van der Waals surface area (Å²) in [6.45, 7) is 0.0681. The smallest absolute Gasteiger partial charge is 0.331 e. The third-order valence-electron chi connectivity index (χ3n) is 2.97. The number of carbonyl (C=O) groups excluding carboxylic acids is 1. The molecule has 0 saturated heterocycles. The summed E-state index contributed by atoms with van der Waals surface area (Å²) in [5.41, 5.74) is 1.44. The molecule has 3 rings (SSSR count). The van der Waals surface area contributed by atoms with Crippen LogP contribution in [0.25, 0.3) is 16.7 Å². The molecule has 0 atom stereocenters. The van der Waals surface area contributed by atoms with E-state index in [9.17, 15) is 4.79 Å². The maximum absolute atomic E-state index is 11.7. The first-order valence-electron chi connectivity index (χ1n) is 6.80. The molecule has 0 fully saturated rings. The Bertz CT molecular complexity index is 807. The lowest BCUT2D eigenvalue weighted by Gasteiger charge is -1.97. The minimum Gasteiger partial charge on any atom is -0.456 e. The monoisotopic (exact) mass is 345 g/mol. The van der Waals surface area contributed by atoms with Crippen LogP contribution in [0, 0.1) is 0 Å². The highest BCUT2D eigenvalue weighted by Gasteiger charge is 2.08. The number of hydrogen-bond donors (Lipinski definition) is 0. The molecule has 0 saturated carbocycles. The van der Waals surface area contributed by atoms with Crippen molar-refractivity contribution in [2.45, 2.75) is 6.61 Å². The van der Waals surface area contributed by atoms with Gasteiger partial charge in [0.15, 0.2) is 5.76 Å². The van der Waals surface area contributed by atoms with Gasteiger partial charge in [-0.15, -0.1) is 11.3 Å². The second-order valence-corrected chi connectivity index (χ2v) is 6.04. The van der Waals surface area contributed by atoms with Crippen molar-refractivity contribution in [1.82, 2.24) is 5.16 Å². The van der Waals surface area contributed by atoms with Gasteiger partial charge in [0, 0.05) is 17.2 Å². The molecule has 3 aromatic rings. The summed E-state index contributed by atoms with van der Waals surface area (Å²) in [6.07, 6.45) is 3.03. The molecular formula is C17H12ClNO3S. The minimum atomic E-state index is -0.444. The van der Waals surface area contributed by atoms with E-state index in [2.05, 4.69) is 5.16 Å². The lowest BCUT2D eigenvalue weighted by Crippen LogP contribution is -2.00. The fourth-order valence-corrected chi connectivity index (χ4v) is 2.65. The van der Waals surface area contributed by atoms with Gasteiger partial charge in [-0.2, -0.15) is 0 Å². The molecule has 4 nitrogen and oxygen atoms in total. The van der Waals surface area contributed by atoms with Crippen LogP contribution < -0.4 is 0 Å². The van der Waals surface area contributed by atoms with Crippen molar-refractivity contribution in [1.29, 1.82) is 0 Å². The van der Waals surface area contributed by atoms with Gasteiger partial charge >= 0.3 is 5.97 Å². The van der Waals surface area contributed by atoms with Crippen molar-refractivity contribution in [2.75, 3.05) is 0 Å². The zero-order valence-electron chi connectivity index (χ0n) is 11.9. The summed E-state index contributed by atoms with van der Waals surface area (Å²) >= 11 is 7.36. The lowest BCUT2D eigenvalue weighted by molar-refractivity contribution is -0.139. The van der Waals surface area contributed by atoms with Gasteiger partial charge in [0.05, 0.1) is 4.88 Å². The first-order valence-corrected chi connectivity index (χ1v) is 8.06. The summed E-state index contributed by atoms with van der Waals surface area (Å²) in [4.78, 5) is 12.7. The lowest BCUT2D eigenvalue weighted by atomic mass is 10.2. The Morgan fingerprint density at radius 1 is 1.30 bits per heavy atom. The first kappa shape index (κ1) is 15.5. The zero-order chi connectivity index (χ0) is 16.1. The number of esters is 1. The molecule has 2 aromatic heterocycles. The molecule has 6 heteroatoms. The van der Waals surface area contributed by atoms with Crippen LogP contribution in [-0.4, -0.2) is 11.1 Å². The molecule has 0 aliphatic carbocycles. The van der Waals surface area contributed by atoms with Crippen LogP contribution in [0.5, 0.6) is 0 Å². The molecule has 0 radical (unpaired) electrons. The van der Waals surface area contributed by atoms with Gasteiger partial charge in [-0.1, -0.05) is 35.0 Å². The third kappa shape index (κ3) is 4.31. The van der Waals surface area contributed by atoms with E-state index in [0.29, 0.717) is 16.5 Å². The van der Waals surface area contributed by atoms with Crippen LogP contribution in [0.1, 0.15) is 11.3 Å². The molecule has 0 spiro atoms. The van der Waals surface area contributed by atoms with Crippen molar-refractivity contribution in [3.05, 3.63) is 70.2 Å². The predicted molar refractivity (Wildman–Crippen MR) is 90.1 cm³/mol. The Labute approximate surface area is 141 Å². The highest BCUT2D eigenvalue weighted by Crippen LogP contribution is 2.25. The molecule has 0 amide bonds. The molecule has 116 valence electrons. The summed E-state index contributed by atoms with van der Waals surface area (Å²) in [5, 5.41) is 6.50. The largest absolute Gasteiger partial charge is 0.456 e. The van der Waals surface area contributed by atoms with E-state index in [1.807, 2.05) is 29.6 Å². The molecule has 0 aliphatic rings. The Morgan fingerprint density at radius 2 is 2.13 bits per heavy atom. The van der Waals surface area contributed by atoms with Crippen LogP contribution in [0.4, 0.5) is 0 Å². The second-order valence-electron chi connectivity index (χ2n) is 4.65. The quantitative estimate of drug-likeness (QED) is 0.491. The summed E-state index contributed by atoms with van der Waals surface area (Å²) in [6, 6.07) is 12.8. The zero-order valence-corrected chi connectivity index (χ0v) is 13.5. The van der Waals surface area contributed by atoms with Crippen molar-refractivity contribution in [2.24, 2.45) is 0 Å². The molecule has 23 heavy (non-hydrogen) atoms. The van der Waals surface area contributed by atoms with Crippen molar-refractivity contribution in [3.8, 4) is 10.6 Å². The van der Waals surface area contributed by atoms with Crippen LogP contribution in [-0.2, 0) is 16.1 Å². The number of benzene rings is 1. The molecule has 1 aromatic carbocycles. The Hall–Kier alpha value is -2.37. The van der Waals surface area contributed by atoms with Crippen LogP contribution in [0.3, 0.4) is 0 Å². The SMILES string of the molecule is O=C(/C=C/c1ccc(Cl)cc1)OCc1cc(-c2cccs2)on1. The molecular weight excluding hydrogens is 334 g/mol. The van der Waals surface area contributed by atoms with Gasteiger partial charge in [0.1, 0.15) is 12.3 Å². The topological polar surface area (TPSA) is 52.3 Å². The molecule has 0 unspecified atom stereocenters. The third-order valence-corrected chi connectivity index (χ3v) is 4.10. The molecule has 0 N–H and O–H groups in total. The fraction of sp³-hybridized carbons (Fsp3) is 0.0588.